The minimum atomic E-state index is -1.52. The fourth-order valence-electron chi connectivity index (χ4n) is 0.976. The van der Waals surface area contributed by atoms with E-state index in [9.17, 15) is 9.18 Å². The number of carboxylic acids is 1. The molecule has 2 N–H and O–H groups in total. The van der Waals surface area contributed by atoms with E-state index in [1.807, 2.05) is 0 Å². The molecular weight excluding hydrogens is 187 g/mol. The number of rotatable bonds is 3. The lowest BCUT2D eigenvalue weighted by Crippen LogP contribution is -2.12. The first-order valence-electron chi connectivity index (χ1n) is 4.29. The van der Waals surface area contributed by atoms with E-state index in [-0.39, 0.29) is 5.82 Å². The van der Waals surface area contributed by atoms with Crippen molar-refractivity contribution < 1.29 is 14.3 Å². The summed E-state index contributed by atoms with van der Waals surface area (Å²) < 4.78 is 13.4. The van der Waals surface area contributed by atoms with Gasteiger partial charge in [-0.05, 0) is 20.8 Å². The van der Waals surface area contributed by atoms with Crippen molar-refractivity contribution in [2.45, 2.75) is 32.4 Å². The molecule has 78 valence electrons. The van der Waals surface area contributed by atoms with Crippen molar-refractivity contribution in [3.8, 4) is 0 Å². The Balaban J connectivity index is 2.94. The van der Waals surface area contributed by atoms with Gasteiger partial charge in [0.05, 0.1) is 11.9 Å². The number of hydrogen-bond donors (Lipinski definition) is 2. The summed E-state index contributed by atoms with van der Waals surface area (Å²) in [6, 6.07) is 0. The summed E-state index contributed by atoms with van der Waals surface area (Å²) in [6.45, 7) is 4.27. The van der Waals surface area contributed by atoms with Gasteiger partial charge in [-0.1, -0.05) is 0 Å². The Hall–Kier alpha value is -1.39. The van der Waals surface area contributed by atoms with Gasteiger partial charge in [0.2, 0.25) is 0 Å². The Morgan fingerprint density at radius 2 is 2.29 bits per heavy atom. The number of alkyl halides is 1. The van der Waals surface area contributed by atoms with Crippen LogP contribution >= 0.6 is 0 Å². The van der Waals surface area contributed by atoms with Crippen molar-refractivity contribution in [1.82, 2.24) is 9.97 Å². The number of aliphatic carboxylic acids is 1. The zero-order chi connectivity index (χ0) is 10.9. The smallest absolute Gasteiger partial charge is 0.313 e. The topological polar surface area (TPSA) is 66.0 Å². The van der Waals surface area contributed by atoms with Crippen molar-refractivity contribution in [2.75, 3.05) is 0 Å². The average molecular weight is 200 g/mol. The third-order valence-electron chi connectivity index (χ3n) is 2.02. The molecule has 0 saturated heterocycles. The van der Waals surface area contributed by atoms with E-state index in [0.717, 1.165) is 0 Å². The van der Waals surface area contributed by atoms with Gasteiger partial charge in [-0.25, -0.2) is 9.37 Å². The van der Waals surface area contributed by atoms with Gasteiger partial charge < -0.3 is 10.1 Å². The number of hydrogen-bond acceptors (Lipinski definition) is 2. The van der Waals surface area contributed by atoms with Crippen LogP contribution in [0.3, 0.4) is 0 Å². The maximum atomic E-state index is 13.4. The Morgan fingerprint density at radius 3 is 2.64 bits per heavy atom. The molecule has 1 aromatic rings. The maximum Gasteiger partial charge on any atom is 0.313 e. The number of aromatic amines is 1. The number of aromatic nitrogens is 2. The number of carbonyl (C=O) groups is 1. The van der Waals surface area contributed by atoms with Gasteiger partial charge in [0, 0.05) is 0 Å². The first kappa shape index (κ1) is 10.7. The first-order chi connectivity index (χ1) is 6.32. The third-order valence-corrected chi connectivity index (χ3v) is 2.02. The van der Waals surface area contributed by atoms with Crippen LogP contribution < -0.4 is 0 Å². The molecule has 1 atom stereocenters. The van der Waals surface area contributed by atoms with Crippen LogP contribution in [-0.4, -0.2) is 21.0 Å². The standard InChI is InChI=1S/C9H13FN2O2/c1-5(8(13)14)7-11-4-6(12-7)9(2,3)10/h4-5H,1-3H3,(H,11,12)(H,13,14). The summed E-state index contributed by atoms with van der Waals surface area (Å²) >= 11 is 0. The summed E-state index contributed by atoms with van der Waals surface area (Å²) in [6.07, 6.45) is 1.33. The highest BCUT2D eigenvalue weighted by atomic mass is 19.1. The third kappa shape index (κ3) is 2.10. The molecule has 0 spiro atoms. The minimum Gasteiger partial charge on any atom is -0.481 e. The number of imidazole rings is 1. The van der Waals surface area contributed by atoms with Crippen molar-refractivity contribution in [3.63, 3.8) is 0 Å². The molecule has 0 bridgehead atoms. The monoisotopic (exact) mass is 200 g/mol. The maximum absolute atomic E-state index is 13.4. The van der Waals surface area contributed by atoms with E-state index < -0.39 is 17.6 Å². The fourth-order valence-corrected chi connectivity index (χ4v) is 0.976. The molecule has 0 fully saturated rings. The molecule has 0 aromatic carbocycles. The molecule has 0 aliphatic carbocycles. The van der Waals surface area contributed by atoms with Crippen LogP contribution in [0.25, 0.3) is 0 Å². The molecule has 0 amide bonds. The van der Waals surface area contributed by atoms with Crippen LogP contribution in [0.2, 0.25) is 0 Å². The highest BCUT2D eigenvalue weighted by molar-refractivity contribution is 5.74. The summed E-state index contributed by atoms with van der Waals surface area (Å²) in [5.41, 5.74) is -1.23. The number of H-pyrrole nitrogens is 1. The second kappa shape index (κ2) is 3.40. The summed E-state index contributed by atoms with van der Waals surface area (Å²) in [5, 5.41) is 8.69. The first-order valence-corrected chi connectivity index (χ1v) is 4.29. The Labute approximate surface area is 81.2 Å². The zero-order valence-electron chi connectivity index (χ0n) is 8.34. The van der Waals surface area contributed by atoms with Gasteiger partial charge in [0.15, 0.2) is 0 Å². The molecule has 1 heterocycles. The molecule has 14 heavy (non-hydrogen) atoms. The molecule has 1 rings (SSSR count). The van der Waals surface area contributed by atoms with Gasteiger partial charge in [-0.3, -0.25) is 4.79 Å². The molecular formula is C9H13FN2O2. The van der Waals surface area contributed by atoms with E-state index in [4.69, 9.17) is 5.11 Å². The van der Waals surface area contributed by atoms with Crippen molar-refractivity contribution in [1.29, 1.82) is 0 Å². The lowest BCUT2D eigenvalue weighted by molar-refractivity contribution is -0.138. The van der Waals surface area contributed by atoms with E-state index in [0.29, 0.717) is 5.69 Å². The quantitative estimate of drug-likeness (QED) is 0.781. The summed E-state index contributed by atoms with van der Waals surface area (Å²) in [7, 11) is 0. The average Bonchev–Trinajstić information content (AvgIpc) is 2.49. The van der Waals surface area contributed by atoms with E-state index in [2.05, 4.69) is 9.97 Å². The largest absolute Gasteiger partial charge is 0.481 e. The Morgan fingerprint density at radius 1 is 1.71 bits per heavy atom. The van der Waals surface area contributed by atoms with Gasteiger partial charge in [-0.15, -0.1) is 0 Å². The summed E-state index contributed by atoms with van der Waals surface area (Å²) in [5.74, 6) is -1.45. The van der Waals surface area contributed by atoms with E-state index >= 15 is 0 Å². The number of carboxylic acid groups (broad SMARTS) is 1. The van der Waals surface area contributed by atoms with E-state index in [1.54, 1.807) is 0 Å². The van der Waals surface area contributed by atoms with Gasteiger partial charge >= 0.3 is 5.97 Å². The minimum absolute atomic E-state index is 0.276. The Kier molecular flexibility index (Phi) is 2.59. The zero-order valence-corrected chi connectivity index (χ0v) is 8.34. The number of halogens is 1. The van der Waals surface area contributed by atoms with Crippen molar-refractivity contribution in [3.05, 3.63) is 17.7 Å². The molecule has 0 aliphatic rings. The van der Waals surface area contributed by atoms with Crippen LogP contribution in [0.1, 0.15) is 38.2 Å². The van der Waals surface area contributed by atoms with Gasteiger partial charge in [-0.2, -0.15) is 0 Å². The SMILES string of the molecule is CC(C(=O)O)c1ncc(C(C)(C)F)[nH]1. The molecule has 1 unspecified atom stereocenters. The lowest BCUT2D eigenvalue weighted by Gasteiger charge is -2.10. The van der Waals surface area contributed by atoms with Crippen molar-refractivity contribution >= 4 is 5.97 Å². The number of nitrogens with zero attached hydrogens (tertiary/aromatic N) is 1. The predicted octanol–water partition coefficient (Wildman–Crippen LogP) is 1.80. The summed E-state index contributed by atoms with van der Waals surface area (Å²) in [4.78, 5) is 17.1. The van der Waals surface area contributed by atoms with Crippen LogP contribution in [-0.2, 0) is 10.5 Å². The molecule has 0 radical (unpaired) electrons. The molecule has 0 saturated carbocycles. The normalized spacial score (nSPS) is 14.0. The van der Waals surface area contributed by atoms with Crippen LogP contribution in [0.4, 0.5) is 4.39 Å². The van der Waals surface area contributed by atoms with Crippen LogP contribution in [0.5, 0.6) is 0 Å². The van der Waals surface area contributed by atoms with Crippen LogP contribution in [0.15, 0.2) is 6.20 Å². The predicted molar refractivity (Wildman–Crippen MR) is 48.8 cm³/mol. The highest BCUT2D eigenvalue weighted by Crippen LogP contribution is 2.24. The van der Waals surface area contributed by atoms with Gasteiger partial charge in [0.25, 0.3) is 0 Å². The molecule has 0 aliphatic heterocycles. The highest BCUT2D eigenvalue weighted by Gasteiger charge is 2.24. The van der Waals surface area contributed by atoms with Crippen LogP contribution in [0, 0.1) is 0 Å². The molecule has 4 nitrogen and oxygen atoms in total. The lowest BCUT2D eigenvalue weighted by atomic mass is 10.1. The molecule has 1 aromatic heterocycles. The molecule has 5 heteroatoms. The number of nitrogens with one attached hydrogen (secondary N) is 1. The second-order valence-electron chi connectivity index (χ2n) is 3.71. The fraction of sp³-hybridized carbons (Fsp3) is 0.556. The second-order valence-corrected chi connectivity index (χ2v) is 3.71. The Bertz CT molecular complexity index is 341. The van der Waals surface area contributed by atoms with Gasteiger partial charge in [0.1, 0.15) is 17.4 Å². The van der Waals surface area contributed by atoms with Crippen molar-refractivity contribution in [2.24, 2.45) is 0 Å². The van der Waals surface area contributed by atoms with E-state index in [1.165, 1.54) is 27.0 Å².